The maximum Gasteiger partial charge on any atom is 0.319 e. The topological polar surface area (TPSA) is 90.5 Å². The van der Waals surface area contributed by atoms with Gasteiger partial charge in [-0.25, -0.2) is 4.79 Å². The lowest BCUT2D eigenvalue weighted by atomic mass is 10.3. The molecular formula is C10H13N2O4S-. The molecule has 2 amide bonds. The minimum atomic E-state index is -2.15. The van der Waals surface area contributed by atoms with Gasteiger partial charge in [-0.05, 0) is 12.1 Å². The van der Waals surface area contributed by atoms with Crippen molar-refractivity contribution in [3.63, 3.8) is 0 Å². The summed E-state index contributed by atoms with van der Waals surface area (Å²) in [5.74, 6) is 0.523. The van der Waals surface area contributed by atoms with E-state index in [1.807, 2.05) is 0 Å². The van der Waals surface area contributed by atoms with Crippen molar-refractivity contribution in [2.24, 2.45) is 0 Å². The second-order valence-electron chi connectivity index (χ2n) is 3.12. The number of urea groups is 1. The van der Waals surface area contributed by atoms with Crippen LogP contribution in [0.3, 0.4) is 0 Å². The first-order valence-corrected chi connectivity index (χ1v) is 6.11. The summed E-state index contributed by atoms with van der Waals surface area (Å²) in [6.07, 6.45) is 0. The Labute approximate surface area is 102 Å². The third-order valence-electron chi connectivity index (χ3n) is 1.88. The Morgan fingerprint density at radius 1 is 1.53 bits per heavy atom. The van der Waals surface area contributed by atoms with Gasteiger partial charge in [0.1, 0.15) is 5.75 Å². The molecule has 0 saturated heterocycles. The molecule has 0 heterocycles. The molecule has 0 radical (unpaired) electrons. The molecule has 2 N–H and O–H groups in total. The number of carbonyl (C=O) groups excluding carboxylic acids is 1. The molecule has 0 fully saturated rings. The molecule has 1 atom stereocenters. The number of hydrogen-bond donors (Lipinski definition) is 2. The molecule has 7 heteroatoms. The molecule has 1 rings (SSSR count). The van der Waals surface area contributed by atoms with Crippen LogP contribution in [0.5, 0.6) is 5.75 Å². The first-order valence-electron chi connectivity index (χ1n) is 4.86. The smallest absolute Gasteiger partial charge is 0.319 e. The summed E-state index contributed by atoms with van der Waals surface area (Å²) in [4.78, 5) is 11.3. The van der Waals surface area contributed by atoms with Crippen LogP contribution in [0.15, 0.2) is 24.3 Å². The molecule has 6 nitrogen and oxygen atoms in total. The van der Waals surface area contributed by atoms with Crippen molar-refractivity contribution in [3.05, 3.63) is 24.3 Å². The van der Waals surface area contributed by atoms with E-state index in [1.54, 1.807) is 24.3 Å². The number of benzene rings is 1. The monoisotopic (exact) mass is 257 g/mol. The number of anilines is 1. The molecule has 17 heavy (non-hydrogen) atoms. The molecule has 0 spiro atoms. The summed E-state index contributed by atoms with van der Waals surface area (Å²) < 4.78 is 25.5. The molecule has 1 aromatic carbocycles. The highest BCUT2D eigenvalue weighted by molar-refractivity contribution is 7.79. The van der Waals surface area contributed by atoms with Crippen LogP contribution in [-0.4, -0.2) is 34.2 Å². The van der Waals surface area contributed by atoms with Gasteiger partial charge in [0.25, 0.3) is 0 Å². The number of amides is 2. The van der Waals surface area contributed by atoms with Gasteiger partial charge in [-0.1, -0.05) is 17.1 Å². The number of ether oxygens (including phenoxy) is 1. The van der Waals surface area contributed by atoms with Gasteiger partial charge in [0.15, 0.2) is 0 Å². The van der Waals surface area contributed by atoms with Crippen LogP contribution in [0, 0.1) is 0 Å². The highest BCUT2D eigenvalue weighted by atomic mass is 32.2. The van der Waals surface area contributed by atoms with Gasteiger partial charge in [0, 0.05) is 24.1 Å². The second-order valence-corrected chi connectivity index (χ2v) is 4.14. The van der Waals surface area contributed by atoms with Crippen LogP contribution < -0.4 is 15.4 Å². The number of rotatable bonds is 5. The van der Waals surface area contributed by atoms with E-state index in [9.17, 15) is 13.6 Å². The van der Waals surface area contributed by atoms with Gasteiger partial charge in [0.05, 0.1) is 7.11 Å². The third-order valence-corrected chi connectivity index (χ3v) is 2.42. The molecule has 0 aliphatic rings. The summed E-state index contributed by atoms with van der Waals surface area (Å²) >= 11 is -2.15. The van der Waals surface area contributed by atoms with E-state index in [-0.39, 0.29) is 12.3 Å². The summed E-state index contributed by atoms with van der Waals surface area (Å²) in [5, 5.41) is 4.98. The Bertz CT molecular complexity index is 411. The molecule has 94 valence electrons. The van der Waals surface area contributed by atoms with Crippen molar-refractivity contribution < 1.29 is 18.3 Å². The molecule has 0 aliphatic heterocycles. The highest BCUT2D eigenvalue weighted by Crippen LogP contribution is 2.16. The Balaban J connectivity index is 2.42. The fourth-order valence-electron chi connectivity index (χ4n) is 1.12. The van der Waals surface area contributed by atoms with Crippen molar-refractivity contribution >= 4 is 22.8 Å². The number of hydrogen-bond acceptors (Lipinski definition) is 4. The van der Waals surface area contributed by atoms with Crippen LogP contribution >= 0.6 is 0 Å². The Kier molecular flexibility index (Phi) is 5.44. The lowest BCUT2D eigenvalue weighted by Crippen LogP contribution is -2.31. The van der Waals surface area contributed by atoms with Gasteiger partial charge in [-0.2, -0.15) is 0 Å². The Morgan fingerprint density at radius 2 is 2.29 bits per heavy atom. The number of nitrogens with one attached hydrogen (secondary N) is 2. The standard InChI is InChI=1S/C10H14N2O4S/c1-16-9-4-2-3-8(7-9)12-10(13)11-5-6-17(14)15/h2-4,7H,5-6H2,1H3,(H,14,15)(H2,11,12,13)/p-1. The number of carbonyl (C=O) groups is 1. The SMILES string of the molecule is COc1cccc(NC(=O)NCCS(=O)[O-])c1. The first kappa shape index (κ1) is 13.5. The van der Waals surface area contributed by atoms with Gasteiger partial charge in [-0.15, -0.1) is 0 Å². The molecule has 1 aromatic rings. The van der Waals surface area contributed by atoms with E-state index in [0.717, 1.165) is 0 Å². The predicted octanol–water partition coefficient (Wildman–Crippen LogP) is 0.696. The quantitative estimate of drug-likeness (QED) is 0.759. The molecule has 1 unspecified atom stereocenters. The van der Waals surface area contributed by atoms with E-state index >= 15 is 0 Å². The molecular weight excluding hydrogens is 244 g/mol. The summed E-state index contributed by atoms with van der Waals surface area (Å²) in [6, 6.07) is 6.40. The summed E-state index contributed by atoms with van der Waals surface area (Å²) in [6.45, 7) is 0.0753. The van der Waals surface area contributed by atoms with Crippen molar-refractivity contribution in [1.29, 1.82) is 0 Å². The summed E-state index contributed by atoms with van der Waals surface area (Å²) in [7, 11) is 1.53. The van der Waals surface area contributed by atoms with Gasteiger partial charge in [0.2, 0.25) is 0 Å². The molecule has 0 bridgehead atoms. The maximum absolute atomic E-state index is 11.3. The zero-order chi connectivity index (χ0) is 12.7. The van der Waals surface area contributed by atoms with Crippen molar-refractivity contribution in [2.75, 3.05) is 24.7 Å². The predicted molar refractivity (Wildman–Crippen MR) is 63.8 cm³/mol. The first-order chi connectivity index (χ1) is 8.11. The molecule has 0 aliphatic carbocycles. The van der Waals surface area contributed by atoms with Crippen LogP contribution in [0.4, 0.5) is 10.5 Å². The van der Waals surface area contributed by atoms with Gasteiger partial charge < -0.3 is 19.9 Å². The fraction of sp³-hybridized carbons (Fsp3) is 0.300. The minimum Gasteiger partial charge on any atom is -0.772 e. The van der Waals surface area contributed by atoms with Crippen molar-refractivity contribution in [1.82, 2.24) is 5.32 Å². The third kappa shape index (κ3) is 5.32. The average molecular weight is 257 g/mol. The second kappa shape index (κ2) is 6.87. The van der Waals surface area contributed by atoms with E-state index in [1.165, 1.54) is 7.11 Å². The van der Waals surface area contributed by atoms with Crippen LogP contribution in [0.2, 0.25) is 0 Å². The fourth-order valence-corrected chi connectivity index (χ4v) is 1.39. The minimum absolute atomic E-state index is 0.0753. The highest BCUT2D eigenvalue weighted by Gasteiger charge is 2.01. The maximum atomic E-state index is 11.3. The largest absolute Gasteiger partial charge is 0.772 e. The van der Waals surface area contributed by atoms with Gasteiger partial charge in [-0.3, -0.25) is 4.21 Å². The normalized spacial score (nSPS) is 11.6. The Hall–Kier alpha value is -1.60. The van der Waals surface area contributed by atoms with Crippen LogP contribution in [0.25, 0.3) is 0 Å². The lowest BCUT2D eigenvalue weighted by Gasteiger charge is -2.09. The molecule has 0 aromatic heterocycles. The van der Waals surface area contributed by atoms with Crippen LogP contribution in [-0.2, 0) is 11.1 Å². The zero-order valence-corrected chi connectivity index (χ0v) is 10.1. The van der Waals surface area contributed by atoms with E-state index < -0.39 is 17.1 Å². The van der Waals surface area contributed by atoms with Crippen molar-refractivity contribution in [3.8, 4) is 5.75 Å². The van der Waals surface area contributed by atoms with Gasteiger partial charge >= 0.3 is 6.03 Å². The number of methoxy groups -OCH3 is 1. The lowest BCUT2D eigenvalue weighted by molar-refractivity contribution is 0.252. The van der Waals surface area contributed by atoms with E-state index in [2.05, 4.69) is 10.6 Å². The van der Waals surface area contributed by atoms with E-state index in [4.69, 9.17) is 4.74 Å². The van der Waals surface area contributed by atoms with Crippen LogP contribution in [0.1, 0.15) is 0 Å². The van der Waals surface area contributed by atoms with E-state index in [0.29, 0.717) is 11.4 Å². The Morgan fingerprint density at radius 3 is 2.94 bits per heavy atom. The van der Waals surface area contributed by atoms with Crippen molar-refractivity contribution in [2.45, 2.75) is 0 Å². The molecule has 0 saturated carbocycles. The summed E-state index contributed by atoms with van der Waals surface area (Å²) in [5.41, 5.74) is 0.574. The average Bonchev–Trinajstić information content (AvgIpc) is 2.28. The zero-order valence-electron chi connectivity index (χ0n) is 9.26.